The lowest BCUT2D eigenvalue weighted by Gasteiger charge is -2.37. The van der Waals surface area contributed by atoms with Crippen LogP contribution < -0.4 is 5.32 Å². The Kier molecular flexibility index (Phi) is 5.88. The molecule has 2 heterocycles. The van der Waals surface area contributed by atoms with E-state index in [4.69, 9.17) is 4.74 Å². The maximum absolute atomic E-state index is 12.3. The summed E-state index contributed by atoms with van der Waals surface area (Å²) in [5.41, 5.74) is 0. The van der Waals surface area contributed by atoms with E-state index in [0.717, 1.165) is 13.1 Å². The van der Waals surface area contributed by atoms with E-state index in [1.165, 1.54) is 19.4 Å². The second kappa shape index (κ2) is 7.45. The number of rotatable bonds is 3. The number of hydrogen-bond donors (Lipinski definition) is 1. The average molecular weight is 297 g/mol. The Bertz CT molecular complexity index is 338. The Morgan fingerprint density at radius 3 is 2.52 bits per heavy atom. The summed E-state index contributed by atoms with van der Waals surface area (Å²) < 4.78 is 5.67. The largest absolute Gasteiger partial charge is 0.372 e. The number of nitrogens with zero attached hydrogens (tertiary/aromatic N) is 2. The molecule has 0 aromatic heterocycles. The van der Waals surface area contributed by atoms with Gasteiger partial charge < -0.3 is 19.9 Å². The minimum Gasteiger partial charge on any atom is -0.372 e. The lowest BCUT2D eigenvalue weighted by molar-refractivity contribution is -0.0546. The predicted molar refractivity (Wildman–Crippen MR) is 84.4 cm³/mol. The molecule has 0 spiro atoms. The van der Waals surface area contributed by atoms with E-state index < -0.39 is 0 Å². The second-order valence-electron chi connectivity index (χ2n) is 6.95. The van der Waals surface area contributed by atoms with Gasteiger partial charge in [0.1, 0.15) is 0 Å². The van der Waals surface area contributed by atoms with E-state index in [-0.39, 0.29) is 18.2 Å². The Labute approximate surface area is 129 Å². The number of likely N-dealkylation sites (tertiary alicyclic amines) is 1. The highest BCUT2D eigenvalue weighted by Crippen LogP contribution is 2.18. The maximum atomic E-state index is 12.3. The number of carbonyl (C=O) groups is 1. The van der Waals surface area contributed by atoms with E-state index in [0.29, 0.717) is 25.0 Å². The Hall–Kier alpha value is -0.810. The van der Waals surface area contributed by atoms with Gasteiger partial charge in [-0.25, -0.2) is 4.79 Å². The van der Waals surface area contributed by atoms with E-state index in [1.807, 2.05) is 18.7 Å². The van der Waals surface area contributed by atoms with Crippen LogP contribution in [0.2, 0.25) is 0 Å². The van der Waals surface area contributed by atoms with E-state index in [1.54, 1.807) is 0 Å². The fourth-order valence-electron chi connectivity index (χ4n) is 3.42. The maximum Gasteiger partial charge on any atom is 0.317 e. The molecule has 2 aliphatic rings. The molecule has 0 aliphatic carbocycles. The molecule has 2 amide bonds. The smallest absolute Gasteiger partial charge is 0.317 e. The lowest BCUT2D eigenvalue weighted by atomic mass is 9.97. The summed E-state index contributed by atoms with van der Waals surface area (Å²) in [6.07, 6.45) is 2.72. The van der Waals surface area contributed by atoms with Crippen molar-refractivity contribution < 1.29 is 9.53 Å². The molecule has 2 fully saturated rings. The number of amides is 2. The summed E-state index contributed by atoms with van der Waals surface area (Å²) in [6.45, 7) is 13.0. The van der Waals surface area contributed by atoms with Gasteiger partial charge in [-0.1, -0.05) is 0 Å². The van der Waals surface area contributed by atoms with Gasteiger partial charge in [-0.2, -0.15) is 0 Å². The van der Waals surface area contributed by atoms with Crippen molar-refractivity contribution in [2.24, 2.45) is 5.92 Å². The van der Waals surface area contributed by atoms with E-state index in [9.17, 15) is 4.79 Å². The van der Waals surface area contributed by atoms with Crippen molar-refractivity contribution in [1.82, 2.24) is 15.1 Å². The molecule has 2 saturated heterocycles. The number of hydrogen-bond acceptors (Lipinski definition) is 3. The summed E-state index contributed by atoms with van der Waals surface area (Å²) in [4.78, 5) is 16.7. The van der Waals surface area contributed by atoms with Crippen molar-refractivity contribution in [2.75, 3.05) is 32.7 Å². The molecule has 21 heavy (non-hydrogen) atoms. The lowest BCUT2D eigenvalue weighted by Crippen LogP contribution is -2.53. The molecule has 5 heteroatoms. The molecule has 0 bridgehead atoms. The third kappa shape index (κ3) is 4.85. The quantitative estimate of drug-likeness (QED) is 0.865. The summed E-state index contributed by atoms with van der Waals surface area (Å²) in [5, 5.41) is 3.13. The standard InChI is InChI=1S/C16H31N3O2/c1-12(2)18-7-5-6-15(11-18)8-17-16(20)19-9-13(3)21-14(4)10-19/h12-15H,5-11H2,1-4H3,(H,17,20)/t13-,14-,15-/m1/s1. The number of carbonyl (C=O) groups excluding carboxylic acids is 1. The number of urea groups is 1. The first-order chi connectivity index (χ1) is 9.95. The van der Waals surface area contributed by atoms with Crippen LogP contribution in [0.15, 0.2) is 0 Å². The molecule has 1 N–H and O–H groups in total. The van der Waals surface area contributed by atoms with Gasteiger partial charge in [0.2, 0.25) is 0 Å². The Balaban J connectivity index is 1.75. The fourth-order valence-corrected chi connectivity index (χ4v) is 3.42. The molecule has 2 rings (SSSR count). The SMILES string of the molecule is CC(C)N1CCC[C@H](CNC(=O)N2C[C@@H](C)O[C@H](C)C2)C1. The first kappa shape index (κ1) is 16.6. The number of piperidine rings is 1. The monoisotopic (exact) mass is 297 g/mol. The van der Waals surface area contributed by atoms with Crippen molar-refractivity contribution in [3.63, 3.8) is 0 Å². The van der Waals surface area contributed by atoms with Crippen LogP contribution in [0, 0.1) is 5.92 Å². The van der Waals surface area contributed by atoms with Gasteiger partial charge in [0.15, 0.2) is 0 Å². The Morgan fingerprint density at radius 2 is 1.90 bits per heavy atom. The minimum atomic E-state index is 0.0682. The number of nitrogens with one attached hydrogen (secondary N) is 1. The van der Waals surface area contributed by atoms with Gasteiger partial charge in [0, 0.05) is 32.2 Å². The zero-order valence-electron chi connectivity index (χ0n) is 14.0. The van der Waals surface area contributed by atoms with Crippen molar-refractivity contribution in [1.29, 1.82) is 0 Å². The average Bonchev–Trinajstić information content (AvgIpc) is 2.44. The van der Waals surface area contributed by atoms with Crippen LogP contribution in [0.3, 0.4) is 0 Å². The van der Waals surface area contributed by atoms with Gasteiger partial charge in [0.25, 0.3) is 0 Å². The molecule has 2 aliphatic heterocycles. The van der Waals surface area contributed by atoms with Crippen molar-refractivity contribution in [2.45, 2.75) is 58.8 Å². The zero-order valence-corrected chi connectivity index (χ0v) is 14.0. The van der Waals surface area contributed by atoms with Crippen LogP contribution in [0.4, 0.5) is 4.79 Å². The van der Waals surface area contributed by atoms with Crippen molar-refractivity contribution in [3.05, 3.63) is 0 Å². The summed E-state index contributed by atoms with van der Waals surface area (Å²) in [6, 6.07) is 0.670. The fraction of sp³-hybridized carbons (Fsp3) is 0.938. The highest BCUT2D eigenvalue weighted by atomic mass is 16.5. The molecule has 0 saturated carbocycles. The van der Waals surface area contributed by atoms with Gasteiger partial charge in [0.05, 0.1) is 12.2 Å². The Morgan fingerprint density at radius 1 is 1.24 bits per heavy atom. The van der Waals surface area contributed by atoms with Crippen LogP contribution in [-0.4, -0.2) is 66.8 Å². The topological polar surface area (TPSA) is 44.8 Å². The number of ether oxygens (including phenoxy) is 1. The second-order valence-corrected chi connectivity index (χ2v) is 6.95. The van der Waals surface area contributed by atoms with Gasteiger partial charge in [-0.15, -0.1) is 0 Å². The minimum absolute atomic E-state index is 0.0682. The predicted octanol–water partition coefficient (Wildman–Crippen LogP) is 1.93. The van der Waals surface area contributed by atoms with Crippen LogP contribution in [0.25, 0.3) is 0 Å². The van der Waals surface area contributed by atoms with Crippen LogP contribution in [0.5, 0.6) is 0 Å². The normalized spacial score (nSPS) is 31.5. The van der Waals surface area contributed by atoms with Crippen molar-refractivity contribution in [3.8, 4) is 0 Å². The first-order valence-corrected chi connectivity index (χ1v) is 8.38. The van der Waals surface area contributed by atoms with Crippen LogP contribution >= 0.6 is 0 Å². The molecule has 0 aromatic carbocycles. The van der Waals surface area contributed by atoms with E-state index in [2.05, 4.69) is 24.1 Å². The summed E-state index contributed by atoms with van der Waals surface area (Å²) in [7, 11) is 0. The third-order valence-electron chi connectivity index (χ3n) is 4.53. The summed E-state index contributed by atoms with van der Waals surface area (Å²) >= 11 is 0. The highest BCUT2D eigenvalue weighted by molar-refractivity contribution is 5.74. The highest BCUT2D eigenvalue weighted by Gasteiger charge is 2.27. The zero-order chi connectivity index (χ0) is 15.4. The molecule has 0 unspecified atom stereocenters. The van der Waals surface area contributed by atoms with Gasteiger partial charge in [-0.05, 0) is 53.0 Å². The van der Waals surface area contributed by atoms with Gasteiger partial charge in [-0.3, -0.25) is 0 Å². The van der Waals surface area contributed by atoms with Crippen LogP contribution in [-0.2, 0) is 4.74 Å². The van der Waals surface area contributed by atoms with Crippen molar-refractivity contribution >= 4 is 6.03 Å². The molecule has 0 radical (unpaired) electrons. The van der Waals surface area contributed by atoms with Gasteiger partial charge >= 0.3 is 6.03 Å². The molecule has 3 atom stereocenters. The molecular weight excluding hydrogens is 266 g/mol. The molecule has 122 valence electrons. The molecular formula is C16H31N3O2. The molecule has 5 nitrogen and oxygen atoms in total. The first-order valence-electron chi connectivity index (χ1n) is 8.38. The van der Waals surface area contributed by atoms with Crippen LogP contribution in [0.1, 0.15) is 40.5 Å². The third-order valence-corrected chi connectivity index (χ3v) is 4.53. The summed E-state index contributed by atoms with van der Waals surface area (Å²) in [5.74, 6) is 0.584. The molecule has 0 aromatic rings. The van der Waals surface area contributed by atoms with E-state index >= 15 is 0 Å². The number of morpholine rings is 1.